The molecule has 1 aromatic rings. The smallest absolute Gasteiger partial charge is 0.323 e. The van der Waals surface area contributed by atoms with Gasteiger partial charge in [0.15, 0.2) is 0 Å². The van der Waals surface area contributed by atoms with Crippen LogP contribution in [0.25, 0.3) is 0 Å². The Kier molecular flexibility index (Phi) is 4.67. The highest BCUT2D eigenvalue weighted by Gasteiger charge is 2.44. The highest BCUT2D eigenvalue weighted by molar-refractivity contribution is 9.10. The molecular formula is C13H14BrClN2O3. The molecule has 7 heteroatoms. The van der Waals surface area contributed by atoms with Gasteiger partial charge >= 0.3 is 5.97 Å². The molecule has 0 bridgehead atoms. The van der Waals surface area contributed by atoms with E-state index in [-0.39, 0.29) is 12.5 Å². The summed E-state index contributed by atoms with van der Waals surface area (Å²) in [6.45, 7) is -0.0569. The molecule has 2 rings (SSSR count). The van der Waals surface area contributed by atoms with Crippen LogP contribution < -0.4 is 10.6 Å². The molecule has 1 amide bonds. The van der Waals surface area contributed by atoms with Crippen LogP contribution >= 0.6 is 27.5 Å². The van der Waals surface area contributed by atoms with E-state index in [0.29, 0.717) is 23.6 Å². The molecule has 0 radical (unpaired) electrons. The van der Waals surface area contributed by atoms with Crippen LogP contribution in [0.3, 0.4) is 0 Å². The number of anilines is 1. The lowest BCUT2D eigenvalue weighted by atomic mass is 9.77. The van der Waals surface area contributed by atoms with Crippen LogP contribution in [0, 0.1) is 0 Å². The molecule has 0 saturated heterocycles. The molecule has 0 aromatic heterocycles. The minimum Gasteiger partial charge on any atom is -0.480 e. The van der Waals surface area contributed by atoms with Gasteiger partial charge in [-0.15, -0.1) is 0 Å². The van der Waals surface area contributed by atoms with E-state index in [1.54, 1.807) is 18.2 Å². The van der Waals surface area contributed by atoms with Gasteiger partial charge in [-0.2, -0.15) is 0 Å². The van der Waals surface area contributed by atoms with Crippen molar-refractivity contribution in [2.75, 3.05) is 11.9 Å². The summed E-state index contributed by atoms with van der Waals surface area (Å²) in [4.78, 5) is 23.0. The summed E-state index contributed by atoms with van der Waals surface area (Å²) >= 11 is 9.27. The zero-order valence-corrected chi connectivity index (χ0v) is 12.9. The number of carboxylic acid groups (broad SMARTS) is 1. The van der Waals surface area contributed by atoms with Gasteiger partial charge in [-0.1, -0.05) is 27.5 Å². The van der Waals surface area contributed by atoms with Gasteiger partial charge in [-0.3, -0.25) is 14.9 Å². The molecule has 1 aliphatic carbocycles. The highest BCUT2D eigenvalue weighted by Crippen LogP contribution is 2.32. The zero-order chi connectivity index (χ0) is 14.8. The first-order valence-corrected chi connectivity index (χ1v) is 7.33. The van der Waals surface area contributed by atoms with E-state index in [1.165, 1.54) is 0 Å². The van der Waals surface area contributed by atoms with Crippen molar-refractivity contribution < 1.29 is 14.7 Å². The molecule has 1 saturated carbocycles. The van der Waals surface area contributed by atoms with E-state index >= 15 is 0 Å². The second-order valence-corrected chi connectivity index (χ2v) is 6.09. The quantitative estimate of drug-likeness (QED) is 0.753. The summed E-state index contributed by atoms with van der Waals surface area (Å²) in [5, 5.41) is 15.0. The Balaban J connectivity index is 1.91. The van der Waals surface area contributed by atoms with Crippen molar-refractivity contribution in [3.63, 3.8) is 0 Å². The molecule has 1 fully saturated rings. The van der Waals surface area contributed by atoms with Gasteiger partial charge in [0.05, 0.1) is 17.3 Å². The molecule has 0 heterocycles. The van der Waals surface area contributed by atoms with Gasteiger partial charge in [0, 0.05) is 4.47 Å². The van der Waals surface area contributed by atoms with Crippen molar-refractivity contribution in [1.29, 1.82) is 0 Å². The Hall–Kier alpha value is -1.11. The van der Waals surface area contributed by atoms with Gasteiger partial charge in [0.2, 0.25) is 5.91 Å². The maximum absolute atomic E-state index is 11.8. The van der Waals surface area contributed by atoms with Crippen molar-refractivity contribution in [2.24, 2.45) is 0 Å². The van der Waals surface area contributed by atoms with E-state index in [9.17, 15) is 9.59 Å². The third-order valence-electron chi connectivity index (χ3n) is 3.41. The molecule has 1 aliphatic rings. The summed E-state index contributed by atoms with van der Waals surface area (Å²) in [7, 11) is 0. The second kappa shape index (κ2) is 6.11. The maximum atomic E-state index is 11.8. The van der Waals surface area contributed by atoms with Crippen LogP contribution in [-0.4, -0.2) is 29.1 Å². The SMILES string of the molecule is O=C(CNC1(C(=O)O)CCC1)Nc1ccc(Br)cc1Cl. The van der Waals surface area contributed by atoms with Crippen molar-refractivity contribution in [2.45, 2.75) is 24.8 Å². The summed E-state index contributed by atoms with van der Waals surface area (Å²) in [5.41, 5.74) is -0.444. The number of carbonyl (C=O) groups is 2. The van der Waals surface area contributed by atoms with Crippen molar-refractivity contribution >= 4 is 45.1 Å². The lowest BCUT2D eigenvalue weighted by Gasteiger charge is -2.38. The minimum absolute atomic E-state index is 0.0569. The Bertz CT molecular complexity index is 546. The fraction of sp³-hybridized carbons (Fsp3) is 0.385. The fourth-order valence-electron chi connectivity index (χ4n) is 2.03. The van der Waals surface area contributed by atoms with Crippen molar-refractivity contribution in [3.8, 4) is 0 Å². The first kappa shape index (κ1) is 15.3. The number of carboxylic acids is 1. The number of benzene rings is 1. The molecule has 0 atom stereocenters. The molecule has 1 aromatic carbocycles. The van der Waals surface area contributed by atoms with E-state index in [1.807, 2.05) is 0 Å². The van der Waals surface area contributed by atoms with Gasteiger partial charge in [0.1, 0.15) is 5.54 Å². The normalized spacial score (nSPS) is 16.3. The Morgan fingerprint density at radius 2 is 2.10 bits per heavy atom. The molecule has 20 heavy (non-hydrogen) atoms. The Morgan fingerprint density at radius 3 is 2.60 bits per heavy atom. The summed E-state index contributed by atoms with van der Waals surface area (Å²) in [6.07, 6.45) is 1.96. The third-order valence-corrected chi connectivity index (χ3v) is 4.22. The molecule has 108 valence electrons. The van der Waals surface area contributed by atoms with Gasteiger partial charge < -0.3 is 10.4 Å². The number of hydrogen-bond acceptors (Lipinski definition) is 3. The number of halogens is 2. The average molecular weight is 362 g/mol. The number of rotatable bonds is 5. The van der Waals surface area contributed by atoms with E-state index < -0.39 is 11.5 Å². The highest BCUT2D eigenvalue weighted by atomic mass is 79.9. The summed E-state index contributed by atoms with van der Waals surface area (Å²) < 4.78 is 0.818. The van der Waals surface area contributed by atoms with E-state index in [2.05, 4.69) is 26.6 Å². The van der Waals surface area contributed by atoms with Crippen molar-refractivity contribution in [3.05, 3.63) is 27.7 Å². The lowest BCUT2D eigenvalue weighted by Crippen LogP contribution is -2.58. The standard InChI is InChI=1S/C13H14BrClN2O3/c14-8-2-3-10(9(15)6-8)17-11(18)7-16-13(12(19)20)4-1-5-13/h2-3,6,16H,1,4-5,7H2,(H,17,18)(H,19,20). The molecule has 0 unspecified atom stereocenters. The largest absolute Gasteiger partial charge is 0.480 e. The number of carbonyl (C=O) groups excluding carboxylic acids is 1. The fourth-order valence-corrected chi connectivity index (χ4v) is 2.75. The first-order chi connectivity index (χ1) is 9.43. The van der Waals surface area contributed by atoms with Crippen LogP contribution in [0.2, 0.25) is 5.02 Å². The van der Waals surface area contributed by atoms with E-state index in [0.717, 1.165) is 10.9 Å². The summed E-state index contributed by atoms with van der Waals surface area (Å²) in [5.74, 6) is -1.22. The number of aliphatic carboxylic acids is 1. The molecule has 0 spiro atoms. The maximum Gasteiger partial charge on any atom is 0.323 e. The average Bonchev–Trinajstić information content (AvgIpc) is 2.31. The number of hydrogen-bond donors (Lipinski definition) is 3. The third kappa shape index (κ3) is 3.31. The zero-order valence-electron chi connectivity index (χ0n) is 10.6. The Morgan fingerprint density at radius 1 is 1.40 bits per heavy atom. The van der Waals surface area contributed by atoms with Gasteiger partial charge in [-0.25, -0.2) is 0 Å². The van der Waals surface area contributed by atoms with Crippen LogP contribution in [-0.2, 0) is 9.59 Å². The lowest BCUT2D eigenvalue weighted by molar-refractivity contribution is -0.148. The van der Waals surface area contributed by atoms with Gasteiger partial charge in [-0.05, 0) is 37.5 Å². The van der Waals surface area contributed by atoms with Crippen LogP contribution in [0.1, 0.15) is 19.3 Å². The van der Waals surface area contributed by atoms with E-state index in [4.69, 9.17) is 16.7 Å². The second-order valence-electron chi connectivity index (χ2n) is 4.77. The summed E-state index contributed by atoms with van der Waals surface area (Å²) in [6, 6.07) is 5.12. The molecule has 5 nitrogen and oxygen atoms in total. The first-order valence-electron chi connectivity index (χ1n) is 6.16. The molecule has 3 N–H and O–H groups in total. The number of amides is 1. The van der Waals surface area contributed by atoms with Crippen LogP contribution in [0.5, 0.6) is 0 Å². The van der Waals surface area contributed by atoms with Crippen LogP contribution in [0.4, 0.5) is 5.69 Å². The molecule has 0 aliphatic heterocycles. The predicted molar refractivity (Wildman–Crippen MR) is 80.0 cm³/mol. The molecular weight excluding hydrogens is 348 g/mol. The predicted octanol–water partition coefficient (Wildman–Crippen LogP) is 2.64. The van der Waals surface area contributed by atoms with Crippen LogP contribution in [0.15, 0.2) is 22.7 Å². The minimum atomic E-state index is -0.944. The monoisotopic (exact) mass is 360 g/mol. The number of nitrogens with one attached hydrogen (secondary N) is 2. The van der Waals surface area contributed by atoms with Gasteiger partial charge in [0.25, 0.3) is 0 Å². The topological polar surface area (TPSA) is 78.4 Å². The van der Waals surface area contributed by atoms with Crippen molar-refractivity contribution in [1.82, 2.24) is 5.32 Å². The Labute approximate surface area is 129 Å².